The number of pyridine rings is 1. The minimum atomic E-state index is -0.276. The van der Waals surface area contributed by atoms with Crippen LogP contribution in [0.5, 0.6) is 0 Å². The monoisotopic (exact) mass is 482 g/mol. The number of likely N-dealkylation sites (tertiary alicyclic amines) is 3. The lowest BCUT2D eigenvalue weighted by Crippen LogP contribution is -2.45. The first-order chi connectivity index (χ1) is 16.8. The molecule has 0 aromatic carbocycles. The molecule has 5 rings (SSSR count). The number of nitrogens with zero attached hydrogens (tertiary/aromatic N) is 5. The first-order valence-electron chi connectivity index (χ1n) is 12.7. The fourth-order valence-corrected chi connectivity index (χ4v) is 5.72. The Kier molecular flexibility index (Phi) is 6.48. The van der Waals surface area contributed by atoms with E-state index >= 15 is 0 Å². The molecule has 10 heteroatoms. The zero-order valence-electron chi connectivity index (χ0n) is 20.5. The highest BCUT2D eigenvalue weighted by atomic mass is 16.4. The number of carbonyl (C=O) groups is 2. The molecule has 35 heavy (non-hydrogen) atoms. The summed E-state index contributed by atoms with van der Waals surface area (Å²) in [4.78, 5) is 46.2. The fourth-order valence-electron chi connectivity index (χ4n) is 5.72. The predicted octanol–water partition coefficient (Wildman–Crippen LogP) is 2.17. The molecule has 2 amide bonds. The van der Waals surface area contributed by atoms with E-state index in [4.69, 9.17) is 4.42 Å². The largest absolute Gasteiger partial charge is 0.423 e. The highest BCUT2D eigenvalue weighted by Crippen LogP contribution is 2.49. The molecule has 188 valence electrons. The molecule has 0 bridgehead atoms. The third-order valence-electron chi connectivity index (χ3n) is 7.77. The molecule has 0 saturated carbocycles. The van der Waals surface area contributed by atoms with E-state index in [9.17, 15) is 14.4 Å². The van der Waals surface area contributed by atoms with Crippen molar-refractivity contribution >= 4 is 11.8 Å². The maximum Gasteiger partial charge on any atom is 0.254 e. The van der Waals surface area contributed by atoms with Crippen LogP contribution in [0.1, 0.15) is 80.1 Å². The molecule has 1 unspecified atom stereocenters. The van der Waals surface area contributed by atoms with Gasteiger partial charge in [-0.1, -0.05) is 13.8 Å². The average molecular weight is 483 g/mol. The van der Waals surface area contributed by atoms with Crippen molar-refractivity contribution in [1.82, 2.24) is 29.9 Å². The summed E-state index contributed by atoms with van der Waals surface area (Å²) >= 11 is 0. The van der Waals surface area contributed by atoms with E-state index in [1.165, 1.54) is 12.3 Å². The molecule has 2 aromatic rings. The summed E-state index contributed by atoms with van der Waals surface area (Å²) in [5, 5.41) is 8.60. The van der Waals surface area contributed by atoms with E-state index in [2.05, 4.69) is 20.1 Å². The van der Waals surface area contributed by atoms with Crippen LogP contribution in [0, 0.1) is 5.41 Å². The van der Waals surface area contributed by atoms with Crippen molar-refractivity contribution in [2.24, 2.45) is 5.41 Å². The molecule has 3 aliphatic heterocycles. The second kappa shape index (κ2) is 9.56. The summed E-state index contributed by atoms with van der Waals surface area (Å²) in [5.74, 6) is 1.40. The van der Waals surface area contributed by atoms with Crippen LogP contribution >= 0.6 is 0 Å². The van der Waals surface area contributed by atoms with Crippen molar-refractivity contribution in [3.05, 3.63) is 46.0 Å². The highest BCUT2D eigenvalue weighted by Gasteiger charge is 2.49. The predicted molar refractivity (Wildman–Crippen MR) is 128 cm³/mol. The van der Waals surface area contributed by atoms with E-state index in [0.717, 1.165) is 51.7 Å². The Morgan fingerprint density at radius 1 is 1.14 bits per heavy atom. The molecular weight excluding hydrogens is 448 g/mol. The quantitative estimate of drug-likeness (QED) is 0.694. The van der Waals surface area contributed by atoms with Crippen LogP contribution in [0.4, 0.5) is 0 Å². The molecule has 0 radical (unpaired) electrons. The fraction of sp³-hybridized carbons (Fsp3) is 0.640. The third kappa shape index (κ3) is 4.89. The zero-order chi connectivity index (χ0) is 24.6. The van der Waals surface area contributed by atoms with Gasteiger partial charge in [-0.05, 0) is 43.6 Å². The first-order valence-corrected chi connectivity index (χ1v) is 12.7. The number of carbonyl (C=O) groups excluding carboxylic acids is 2. The lowest BCUT2D eigenvalue weighted by Gasteiger charge is -2.39. The standard InChI is InChI=1S/C25H34N6O4/c1-17(2)22-27-28-23(35-22)19-14-25(16-31(19)15-21(33)29-9-3-4-10-29)6-11-30(12-7-25)24(34)18-5-8-26-20(32)13-18/h5,8,13,17,19H,3-4,6-7,9-12,14-16H2,1-2H3,(H,26,32). The van der Waals surface area contributed by atoms with Crippen LogP contribution in [-0.2, 0) is 4.79 Å². The minimum absolute atomic E-state index is 0.0205. The Morgan fingerprint density at radius 3 is 2.54 bits per heavy atom. The minimum Gasteiger partial charge on any atom is -0.423 e. The summed E-state index contributed by atoms with van der Waals surface area (Å²) in [5.41, 5.74) is 0.119. The summed E-state index contributed by atoms with van der Waals surface area (Å²) in [7, 11) is 0. The average Bonchev–Trinajstić information content (AvgIpc) is 3.60. The molecule has 5 heterocycles. The van der Waals surface area contributed by atoms with Gasteiger partial charge in [-0.3, -0.25) is 19.3 Å². The smallest absolute Gasteiger partial charge is 0.254 e. The van der Waals surface area contributed by atoms with Crippen molar-refractivity contribution in [2.75, 3.05) is 39.3 Å². The summed E-state index contributed by atoms with van der Waals surface area (Å²) in [6.45, 7) is 8.07. The van der Waals surface area contributed by atoms with Gasteiger partial charge in [0.2, 0.25) is 23.2 Å². The lowest BCUT2D eigenvalue weighted by molar-refractivity contribution is -0.131. The number of hydrogen-bond donors (Lipinski definition) is 1. The Balaban J connectivity index is 1.31. The molecule has 2 aromatic heterocycles. The molecule has 3 aliphatic rings. The lowest BCUT2D eigenvalue weighted by atomic mass is 9.76. The van der Waals surface area contributed by atoms with Crippen LogP contribution in [0.15, 0.2) is 27.5 Å². The van der Waals surface area contributed by atoms with Crippen molar-refractivity contribution in [3.8, 4) is 0 Å². The second-order valence-electron chi connectivity index (χ2n) is 10.6. The molecule has 1 atom stereocenters. The van der Waals surface area contributed by atoms with Crippen LogP contribution in [-0.4, -0.2) is 81.0 Å². The van der Waals surface area contributed by atoms with Gasteiger partial charge in [0.25, 0.3) is 5.91 Å². The Labute approximate surface area is 204 Å². The van der Waals surface area contributed by atoms with Crippen LogP contribution in [0.3, 0.4) is 0 Å². The van der Waals surface area contributed by atoms with Gasteiger partial charge < -0.3 is 19.2 Å². The number of piperidine rings is 1. The number of aromatic amines is 1. The van der Waals surface area contributed by atoms with Gasteiger partial charge in [0.05, 0.1) is 12.6 Å². The molecule has 3 fully saturated rings. The Hall–Kier alpha value is -3.01. The van der Waals surface area contributed by atoms with E-state index in [0.29, 0.717) is 37.0 Å². The van der Waals surface area contributed by atoms with Crippen molar-refractivity contribution < 1.29 is 14.0 Å². The number of amides is 2. The van der Waals surface area contributed by atoms with Crippen LogP contribution < -0.4 is 5.56 Å². The van der Waals surface area contributed by atoms with Gasteiger partial charge >= 0.3 is 0 Å². The summed E-state index contributed by atoms with van der Waals surface area (Å²) in [6, 6.07) is 2.90. The molecule has 3 saturated heterocycles. The zero-order valence-corrected chi connectivity index (χ0v) is 20.5. The van der Waals surface area contributed by atoms with E-state index < -0.39 is 0 Å². The molecular formula is C25H34N6O4. The Morgan fingerprint density at radius 2 is 1.89 bits per heavy atom. The number of rotatable bonds is 5. The molecule has 1 spiro atoms. The molecule has 10 nitrogen and oxygen atoms in total. The van der Waals surface area contributed by atoms with Crippen molar-refractivity contribution in [2.45, 2.75) is 57.9 Å². The van der Waals surface area contributed by atoms with Crippen molar-refractivity contribution in [1.29, 1.82) is 0 Å². The number of hydrogen-bond acceptors (Lipinski definition) is 7. The number of aromatic nitrogens is 3. The van der Waals surface area contributed by atoms with Gasteiger partial charge in [0.15, 0.2) is 0 Å². The second-order valence-corrected chi connectivity index (χ2v) is 10.6. The van der Waals surface area contributed by atoms with Gasteiger partial charge in [-0.2, -0.15) is 0 Å². The van der Waals surface area contributed by atoms with Crippen molar-refractivity contribution in [3.63, 3.8) is 0 Å². The van der Waals surface area contributed by atoms with E-state index in [1.54, 1.807) is 6.07 Å². The van der Waals surface area contributed by atoms with Gasteiger partial charge in [0.1, 0.15) is 0 Å². The van der Waals surface area contributed by atoms with E-state index in [-0.39, 0.29) is 34.7 Å². The SMILES string of the molecule is CC(C)c1nnc(C2CC3(CCN(C(=O)c4cc[nH]c(=O)c4)CC3)CN2CC(=O)N2CCCC2)o1. The van der Waals surface area contributed by atoms with E-state index in [1.807, 2.05) is 23.6 Å². The normalized spacial score (nSPS) is 22.4. The van der Waals surface area contributed by atoms with Crippen LogP contribution in [0.25, 0.3) is 0 Å². The third-order valence-corrected chi connectivity index (χ3v) is 7.77. The van der Waals surface area contributed by atoms with Gasteiger partial charge in [0, 0.05) is 56.5 Å². The maximum absolute atomic E-state index is 13.0. The number of H-pyrrole nitrogens is 1. The van der Waals surface area contributed by atoms with Gasteiger partial charge in [-0.15, -0.1) is 10.2 Å². The molecule has 1 N–H and O–H groups in total. The maximum atomic E-state index is 13.0. The first kappa shape index (κ1) is 23.7. The topological polar surface area (TPSA) is 116 Å². The van der Waals surface area contributed by atoms with Crippen LogP contribution in [0.2, 0.25) is 0 Å². The highest BCUT2D eigenvalue weighted by molar-refractivity contribution is 5.94. The Bertz CT molecular complexity index is 1130. The summed E-state index contributed by atoms with van der Waals surface area (Å²) < 4.78 is 6.04. The van der Waals surface area contributed by atoms with Gasteiger partial charge in [-0.25, -0.2) is 0 Å². The summed E-state index contributed by atoms with van der Waals surface area (Å²) in [6.07, 6.45) is 6.13. The number of nitrogens with one attached hydrogen (secondary N) is 1. The molecule has 0 aliphatic carbocycles.